The highest BCUT2D eigenvalue weighted by molar-refractivity contribution is 5.14. The van der Waals surface area contributed by atoms with Crippen molar-refractivity contribution in [2.24, 2.45) is 0 Å². The highest BCUT2D eigenvalue weighted by atomic mass is 19.1. The molecule has 0 radical (unpaired) electrons. The SMILES string of the molecule is OC[C@H](/C=C/[C@H](F)COCc1ccccc1)OCc1ccccc1. The first kappa shape index (κ1) is 18.3. The van der Waals surface area contributed by atoms with Crippen LogP contribution in [0.5, 0.6) is 0 Å². The summed E-state index contributed by atoms with van der Waals surface area (Å²) < 4.78 is 24.7. The van der Waals surface area contributed by atoms with Gasteiger partial charge < -0.3 is 14.6 Å². The number of hydrogen-bond acceptors (Lipinski definition) is 3. The molecule has 0 aliphatic heterocycles. The number of aliphatic hydroxyl groups is 1. The van der Waals surface area contributed by atoms with Gasteiger partial charge in [-0.3, -0.25) is 0 Å². The number of benzene rings is 2. The van der Waals surface area contributed by atoms with Gasteiger partial charge in [0.15, 0.2) is 0 Å². The second kappa shape index (κ2) is 10.7. The molecule has 2 aromatic carbocycles. The zero-order valence-electron chi connectivity index (χ0n) is 13.6. The number of ether oxygens (including phenoxy) is 2. The van der Waals surface area contributed by atoms with E-state index in [4.69, 9.17) is 9.47 Å². The van der Waals surface area contributed by atoms with Crippen LogP contribution in [-0.2, 0) is 22.7 Å². The maximum Gasteiger partial charge on any atom is 0.142 e. The molecular formula is C20H23FO3. The Morgan fingerprint density at radius 2 is 1.46 bits per heavy atom. The number of aliphatic hydroxyl groups excluding tert-OH is 1. The molecule has 0 aliphatic carbocycles. The van der Waals surface area contributed by atoms with Crippen LogP contribution in [0.15, 0.2) is 72.8 Å². The lowest BCUT2D eigenvalue weighted by molar-refractivity contribution is 0.0311. The summed E-state index contributed by atoms with van der Waals surface area (Å²) in [5.41, 5.74) is 2.01. The van der Waals surface area contributed by atoms with Gasteiger partial charge in [-0.2, -0.15) is 0 Å². The Morgan fingerprint density at radius 3 is 2.04 bits per heavy atom. The van der Waals surface area contributed by atoms with Gasteiger partial charge in [0.25, 0.3) is 0 Å². The lowest BCUT2D eigenvalue weighted by Gasteiger charge is -2.12. The van der Waals surface area contributed by atoms with Crippen molar-refractivity contribution >= 4 is 0 Å². The van der Waals surface area contributed by atoms with E-state index in [1.165, 1.54) is 6.08 Å². The van der Waals surface area contributed by atoms with Crippen LogP contribution < -0.4 is 0 Å². The van der Waals surface area contributed by atoms with Crippen LogP contribution >= 0.6 is 0 Å². The summed E-state index contributed by atoms with van der Waals surface area (Å²) >= 11 is 0. The van der Waals surface area contributed by atoms with E-state index in [0.29, 0.717) is 13.2 Å². The van der Waals surface area contributed by atoms with Gasteiger partial charge in [0.05, 0.1) is 32.5 Å². The van der Waals surface area contributed by atoms with Crippen LogP contribution in [-0.4, -0.2) is 30.6 Å². The van der Waals surface area contributed by atoms with E-state index in [1.54, 1.807) is 6.08 Å². The van der Waals surface area contributed by atoms with Crippen molar-refractivity contribution in [1.29, 1.82) is 0 Å². The summed E-state index contributed by atoms with van der Waals surface area (Å²) in [5.74, 6) is 0. The predicted octanol–water partition coefficient (Wildman–Crippen LogP) is 3.68. The standard InChI is InChI=1S/C20H23FO3/c21-19(16-23-14-17-7-3-1-4-8-17)11-12-20(13-22)24-15-18-9-5-2-6-10-18/h1-12,19-20,22H,13-16H2/b12-11+/t19-,20-/m0/s1. The molecule has 0 bridgehead atoms. The van der Waals surface area contributed by atoms with Gasteiger partial charge in [0.1, 0.15) is 6.17 Å². The summed E-state index contributed by atoms with van der Waals surface area (Å²) in [6, 6.07) is 19.3. The molecule has 0 spiro atoms. The van der Waals surface area contributed by atoms with Crippen LogP contribution in [0.2, 0.25) is 0 Å². The summed E-state index contributed by atoms with van der Waals surface area (Å²) in [7, 11) is 0. The Morgan fingerprint density at radius 1 is 0.875 bits per heavy atom. The van der Waals surface area contributed by atoms with Gasteiger partial charge in [-0.1, -0.05) is 66.7 Å². The molecule has 0 fully saturated rings. The highest BCUT2D eigenvalue weighted by Crippen LogP contribution is 2.06. The molecule has 1 N–H and O–H groups in total. The fourth-order valence-corrected chi connectivity index (χ4v) is 2.11. The van der Waals surface area contributed by atoms with E-state index in [2.05, 4.69) is 0 Å². The van der Waals surface area contributed by atoms with Crippen molar-refractivity contribution in [3.05, 3.63) is 83.9 Å². The zero-order valence-corrected chi connectivity index (χ0v) is 13.6. The predicted molar refractivity (Wildman–Crippen MR) is 92.2 cm³/mol. The first-order valence-corrected chi connectivity index (χ1v) is 7.98. The third-order valence-corrected chi connectivity index (χ3v) is 3.41. The van der Waals surface area contributed by atoms with E-state index in [-0.39, 0.29) is 13.2 Å². The summed E-state index contributed by atoms with van der Waals surface area (Å²) in [4.78, 5) is 0. The molecule has 24 heavy (non-hydrogen) atoms. The normalized spacial score (nSPS) is 13.9. The fourth-order valence-electron chi connectivity index (χ4n) is 2.11. The quantitative estimate of drug-likeness (QED) is 0.676. The molecule has 2 aromatic rings. The van der Waals surface area contributed by atoms with Gasteiger partial charge in [-0.05, 0) is 17.2 Å². The Balaban J connectivity index is 1.69. The average molecular weight is 330 g/mol. The Kier molecular flexibility index (Phi) is 8.18. The molecule has 0 aliphatic rings. The van der Waals surface area contributed by atoms with Crippen LogP contribution in [0.4, 0.5) is 4.39 Å². The zero-order chi connectivity index (χ0) is 17.0. The maximum absolute atomic E-state index is 13.8. The van der Waals surface area contributed by atoms with Crippen molar-refractivity contribution in [3.63, 3.8) is 0 Å². The van der Waals surface area contributed by atoms with Crippen molar-refractivity contribution in [1.82, 2.24) is 0 Å². The molecule has 3 nitrogen and oxygen atoms in total. The van der Waals surface area contributed by atoms with Crippen molar-refractivity contribution in [3.8, 4) is 0 Å². The third-order valence-electron chi connectivity index (χ3n) is 3.41. The Hall–Kier alpha value is -2.01. The van der Waals surface area contributed by atoms with Crippen molar-refractivity contribution in [2.75, 3.05) is 13.2 Å². The summed E-state index contributed by atoms with van der Waals surface area (Å²) in [6.07, 6.45) is 1.15. The lowest BCUT2D eigenvalue weighted by Crippen LogP contribution is -2.16. The smallest absolute Gasteiger partial charge is 0.142 e. The lowest BCUT2D eigenvalue weighted by atomic mass is 10.2. The molecule has 0 amide bonds. The molecular weight excluding hydrogens is 307 g/mol. The first-order chi connectivity index (χ1) is 11.8. The van der Waals surface area contributed by atoms with Gasteiger partial charge in [0, 0.05) is 0 Å². The molecule has 0 saturated carbocycles. The molecule has 2 atom stereocenters. The maximum atomic E-state index is 13.8. The second-order valence-electron chi connectivity index (χ2n) is 5.42. The largest absolute Gasteiger partial charge is 0.393 e. The Labute approximate surface area is 142 Å². The van der Waals surface area contributed by atoms with Crippen LogP contribution in [0.1, 0.15) is 11.1 Å². The molecule has 128 valence electrons. The minimum Gasteiger partial charge on any atom is -0.393 e. The van der Waals surface area contributed by atoms with Crippen LogP contribution in [0, 0.1) is 0 Å². The van der Waals surface area contributed by atoms with E-state index in [0.717, 1.165) is 11.1 Å². The van der Waals surface area contributed by atoms with Gasteiger partial charge in [-0.25, -0.2) is 4.39 Å². The number of rotatable bonds is 10. The molecule has 0 unspecified atom stereocenters. The Bertz CT molecular complexity index is 586. The van der Waals surface area contributed by atoms with Gasteiger partial charge >= 0.3 is 0 Å². The average Bonchev–Trinajstić information content (AvgIpc) is 2.63. The topological polar surface area (TPSA) is 38.7 Å². The second-order valence-corrected chi connectivity index (χ2v) is 5.42. The summed E-state index contributed by atoms with van der Waals surface area (Å²) in [5, 5.41) is 9.31. The number of alkyl halides is 1. The van der Waals surface area contributed by atoms with Crippen LogP contribution in [0.25, 0.3) is 0 Å². The summed E-state index contributed by atoms with van der Waals surface area (Å²) in [6.45, 7) is 0.532. The molecule has 0 saturated heterocycles. The van der Waals surface area contributed by atoms with Crippen LogP contribution in [0.3, 0.4) is 0 Å². The minimum absolute atomic E-state index is 0.0256. The van der Waals surface area contributed by atoms with Crippen molar-refractivity contribution in [2.45, 2.75) is 25.5 Å². The van der Waals surface area contributed by atoms with E-state index < -0.39 is 12.3 Å². The number of hydrogen-bond donors (Lipinski definition) is 1. The first-order valence-electron chi connectivity index (χ1n) is 7.98. The minimum atomic E-state index is -1.23. The third kappa shape index (κ3) is 7.04. The van der Waals surface area contributed by atoms with E-state index in [1.807, 2.05) is 60.7 Å². The van der Waals surface area contributed by atoms with Crippen molar-refractivity contribution < 1.29 is 19.0 Å². The van der Waals surface area contributed by atoms with Gasteiger partial charge in [-0.15, -0.1) is 0 Å². The van der Waals surface area contributed by atoms with E-state index in [9.17, 15) is 9.50 Å². The van der Waals surface area contributed by atoms with Gasteiger partial charge in [0.2, 0.25) is 0 Å². The number of halogens is 1. The molecule has 2 rings (SSSR count). The van der Waals surface area contributed by atoms with E-state index >= 15 is 0 Å². The fraction of sp³-hybridized carbons (Fsp3) is 0.300. The molecule has 0 aromatic heterocycles. The highest BCUT2D eigenvalue weighted by Gasteiger charge is 2.07. The molecule has 0 heterocycles. The molecule has 4 heteroatoms. The monoisotopic (exact) mass is 330 g/mol.